The van der Waals surface area contributed by atoms with Gasteiger partial charge in [-0.2, -0.15) is 0 Å². The first-order chi connectivity index (χ1) is 6.81. The van der Waals surface area contributed by atoms with E-state index in [0.29, 0.717) is 12.8 Å². The van der Waals surface area contributed by atoms with Gasteiger partial charge in [-0.15, -0.1) is 0 Å². The summed E-state index contributed by atoms with van der Waals surface area (Å²) in [6.07, 6.45) is 0.444. The summed E-state index contributed by atoms with van der Waals surface area (Å²) in [4.78, 5) is 0. The second-order valence-corrected chi connectivity index (χ2v) is 3.00. The molecular formula is C10H13O3Si. The molecule has 0 saturated carbocycles. The van der Waals surface area contributed by atoms with Crippen LogP contribution in [-0.4, -0.2) is 30.7 Å². The zero-order valence-electron chi connectivity index (χ0n) is 8.37. The van der Waals surface area contributed by atoms with Gasteiger partial charge in [0, 0.05) is 7.11 Å². The van der Waals surface area contributed by atoms with Crippen molar-refractivity contribution in [3.8, 4) is 11.5 Å². The predicted octanol–water partition coefficient (Wildman–Crippen LogP) is 1.35. The summed E-state index contributed by atoms with van der Waals surface area (Å²) in [5.41, 5.74) is 1.06. The summed E-state index contributed by atoms with van der Waals surface area (Å²) in [5.74, 6) is 1.44. The van der Waals surface area contributed by atoms with E-state index in [1.165, 1.54) is 0 Å². The Morgan fingerprint density at radius 2 is 2.00 bits per heavy atom. The molecule has 0 fully saturated rings. The molecule has 14 heavy (non-hydrogen) atoms. The number of benzene rings is 1. The van der Waals surface area contributed by atoms with Crippen molar-refractivity contribution in [1.29, 1.82) is 0 Å². The SMILES string of the molecule is COCc1ccc(OC[Si])c(OC)c1. The van der Waals surface area contributed by atoms with Crippen molar-refractivity contribution in [2.75, 3.05) is 20.4 Å². The van der Waals surface area contributed by atoms with Gasteiger partial charge in [0.25, 0.3) is 0 Å². The molecule has 0 aliphatic heterocycles. The van der Waals surface area contributed by atoms with Crippen LogP contribution in [0.5, 0.6) is 11.5 Å². The van der Waals surface area contributed by atoms with Crippen molar-refractivity contribution in [3.05, 3.63) is 23.8 Å². The Morgan fingerprint density at radius 3 is 2.57 bits per heavy atom. The van der Waals surface area contributed by atoms with E-state index >= 15 is 0 Å². The van der Waals surface area contributed by atoms with Gasteiger partial charge < -0.3 is 14.2 Å². The molecule has 0 aliphatic carbocycles. The van der Waals surface area contributed by atoms with Crippen LogP contribution in [0, 0.1) is 0 Å². The number of ether oxygens (including phenoxy) is 3. The van der Waals surface area contributed by atoms with Gasteiger partial charge in [-0.3, -0.25) is 0 Å². The highest BCUT2D eigenvalue weighted by atomic mass is 28.1. The molecule has 1 aromatic rings. The lowest BCUT2D eigenvalue weighted by molar-refractivity contribution is 0.184. The van der Waals surface area contributed by atoms with E-state index < -0.39 is 0 Å². The largest absolute Gasteiger partial charge is 0.494 e. The molecule has 0 saturated heterocycles. The third kappa shape index (κ3) is 2.75. The van der Waals surface area contributed by atoms with E-state index in [4.69, 9.17) is 14.2 Å². The van der Waals surface area contributed by atoms with Crippen molar-refractivity contribution in [1.82, 2.24) is 0 Å². The van der Waals surface area contributed by atoms with Crippen LogP contribution >= 0.6 is 0 Å². The fourth-order valence-electron chi connectivity index (χ4n) is 1.17. The van der Waals surface area contributed by atoms with Crippen molar-refractivity contribution < 1.29 is 14.2 Å². The highest BCUT2D eigenvalue weighted by Gasteiger charge is 2.04. The van der Waals surface area contributed by atoms with Crippen LogP contribution in [0.2, 0.25) is 0 Å². The third-order valence-electron chi connectivity index (χ3n) is 1.77. The maximum absolute atomic E-state index is 5.31. The lowest BCUT2D eigenvalue weighted by atomic mass is 10.2. The first kappa shape index (κ1) is 11.1. The smallest absolute Gasteiger partial charge is 0.161 e. The molecule has 3 nitrogen and oxygen atoms in total. The highest BCUT2D eigenvalue weighted by Crippen LogP contribution is 2.27. The number of methoxy groups -OCH3 is 2. The standard InChI is InChI=1S/C10H13O3Si/c1-11-6-8-3-4-9(13-7-14)10(5-8)12-2/h3-5H,6-7H2,1-2H3. The van der Waals surface area contributed by atoms with Crippen molar-refractivity contribution in [3.63, 3.8) is 0 Å². The predicted molar refractivity (Wildman–Crippen MR) is 55.0 cm³/mol. The Kier molecular flexibility index (Phi) is 4.48. The fourth-order valence-corrected chi connectivity index (χ4v) is 1.32. The molecule has 0 heterocycles. The Morgan fingerprint density at radius 1 is 1.21 bits per heavy atom. The molecule has 0 aromatic heterocycles. The molecule has 3 radical (unpaired) electrons. The summed E-state index contributed by atoms with van der Waals surface area (Å²) in [5, 5.41) is 0. The Balaban J connectivity index is 2.87. The monoisotopic (exact) mass is 209 g/mol. The van der Waals surface area contributed by atoms with E-state index in [-0.39, 0.29) is 0 Å². The second-order valence-electron chi connectivity index (χ2n) is 2.71. The van der Waals surface area contributed by atoms with Gasteiger partial charge >= 0.3 is 0 Å². The summed E-state index contributed by atoms with van der Waals surface area (Å²) in [6, 6.07) is 5.72. The maximum atomic E-state index is 5.31. The molecule has 4 heteroatoms. The topological polar surface area (TPSA) is 27.7 Å². The molecule has 1 rings (SSSR count). The number of hydrogen-bond donors (Lipinski definition) is 0. The van der Waals surface area contributed by atoms with Gasteiger partial charge in [0.15, 0.2) is 11.5 Å². The molecule has 0 atom stereocenters. The van der Waals surface area contributed by atoms with Crippen LogP contribution in [0.3, 0.4) is 0 Å². The van der Waals surface area contributed by atoms with Gasteiger partial charge in [-0.25, -0.2) is 0 Å². The van der Waals surface area contributed by atoms with E-state index in [2.05, 4.69) is 10.2 Å². The summed E-state index contributed by atoms with van der Waals surface area (Å²) in [7, 11) is 6.52. The Labute approximate surface area is 87.4 Å². The average molecular weight is 209 g/mol. The van der Waals surface area contributed by atoms with Crippen LogP contribution in [0.1, 0.15) is 5.56 Å². The number of hydrogen-bond acceptors (Lipinski definition) is 3. The summed E-state index contributed by atoms with van der Waals surface area (Å²) >= 11 is 0. The van der Waals surface area contributed by atoms with Crippen molar-refractivity contribution >= 4 is 10.2 Å². The van der Waals surface area contributed by atoms with Crippen LogP contribution < -0.4 is 9.47 Å². The Hall–Kier alpha value is -1.00. The maximum Gasteiger partial charge on any atom is 0.161 e. The van der Waals surface area contributed by atoms with Crippen LogP contribution in [0.25, 0.3) is 0 Å². The van der Waals surface area contributed by atoms with Gasteiger partial charge in [0.05, 0.1) is 30.2 Å². The van der Waals surface area contributed by atoms with Gasteiger partial charge in [-0.1, -0.05) is 6.07 Å². The molecule has 0 amide bonds. The average Bonchev–Trinajstić information content (AvgIpc) is 2.21. The van der Waals surface area contributed by atoms with E-state index in [9.17, 15) is 0 Å². The first-order valence-electron chi connectivity index (χ1n) is 4.25. The minimum atomic E-state index is 0.444. The normalized spacial score (nSPS) is 9.93. The molecule has 0 N–H and O–H groups in total. The third-order valence-corrected chi connectivity index (χ3v) is 1.91. The summed E-state index contributed by atoms with van der Waals surface area (Å²) in [6.45, 7) is 0.574. The zero-order valence-corrected chi connectivity index (χ0v) is 9.37. The van der Waals surface area contributed by atoms with E-state index in [1.807, 2.05) is 18.2 Å². The summed E-state index contributed by atoms with van der Waals surface area (Å²) < 4.78 is 15.5. The van der Waals surface area contributed by atoms with Crippen LogP contribution in [-0.2, 0) is 11.3 Å². The number of rotatable bonds is 5. The Bertz CT molecular complexity index is 289. The first-order valence-corrected chi connectivity index (χ1v) is 4.95. The van der Waals surface area contributed by atoms with Crippen molar-refractivity contribution in [2.24, 2.45) is 0 Å². The zero-order chi connectivity index (χ0) is 10.4. The highest BCUT2D eigenvalue weighted by molar-refractivity contribution is 6.08. The molecular weight excluding hydrogens is 196 g/mol. The fraction of sp³-hybridized carbons (Fsp3) is 0.400. The quantitative estimate of drug-likeness (QED) is 0.685. The van der Waals surface area contributed by atoms with Crippen LogP contribution in [0.4, 0.5) is 0 Å². The molecule has 0 aliphatic rings. The minimum Gasteiger partial charge on any atom is -0.494 e. The molecule has 0 spiro atoms. The lowest BCUT2D eigenvalue weighted by Gasteiger charge is -2.10. The minimum absolute atomic E-state index is 0.444. The van der Waals surface area contributed by atoms with Gasteiger partial charge in [0.1, 0.15) is 0 Å². The van der Waals surface area contributed by atoms with Gasteiger partial charge in [-0.05, 0) is 17.7 Å². The van der Waals surface area contributed by atoms with E-state index in [0.717, 1.165) is 17.1 Å². The van der Waals surface area contributed by atoms with E-state index in [1.54, 1.807) is 14.2 Å². The second kappa shape index (κ2) is 5.67. The van der Waals surface area contributed by atoms with Crippen LogP contribution in [0.15, 0.2) is 18.2 Å². The lowest BCUT2D eigenvalue weighted by Crippen LogP contribution is -1.99. The van der Waals surface area contributed by atoms with Gasteiger partial charge in [0.2, 0.25) is 0 Å². The molecule has 0 unspecified atom stereocenters. The molecule has 0 bridgehead atoms. The molecule has 75 valence electrons. The molecule has 1 aromatic carbocycles. The van der Waals surface area contributed by atoms with Crippen molar-refractivity contribution in [2.45, 2.75) is 6.61 Å².